The summed E-state index contributed by atoms with van der Waals surface area (Å²) in [4.78, 5) is 15.2. The van der Waals surface area contributed by atoms with E-state index in [1.807, 2.05) is 72.8 Å². The van der Waals surface area contributed by atoms with Crippen LogP contribution in [0.3, 0.4) is 0 Å². The van der Waals surface area contributed by atoms with Crippen LogP contribution in [0, 0.1) is 12.7 Å². The van der Waals surface area contributed by atoms with Crippen molar-refractivity contribution in [2.45, 2.75) is 6.92 Å². The van der Waals surface area contributed by atoms with E-state index in [1.165, 1.54) is 17.2 Å². The van der Waals surface area contributed by atoms with Crippen molar-refractivity contribution in [3.8, 4) is 62.1 Å². The Morgan fingerprint density at radius 1 is 0.412 bits per heavy atom. The predicted octanol–water partition coefficient (Wildman–Crippen LogP) is 11.8. The summed E-state index contributed by atoms with van der Waals surface area (Å²) in [6, 6.07) is 56.6. The molecule has 2 aromatic heterocycles. The fraction of sp³-hybridized carbons (Fsp3) is 0.0217. The number of hydrogen-bond donors (Lipinski definition) is 0. The average molecular weight is 659 g/mol. The summed E-state index contributed by atoms with van der Waals surface area (Å²) in [6.45, 7) is 2.12. The highest BCUT2D eigenvalue weighted by Crippen LogP contribution is 2.39. The van der Waals surface area contributed by atoms with Crippen molar-refractivity contribution in [2.24, 2.45) is 0 Å². The first kappa shape index (κ1) is 30.3. The van der Waals surface area contributed by atoms with Gasteiger partial charge in [0.15, 0.2) is 17.5 Å². The Labute approximate surface area is 295 Å². The van der Waals surface area contributed by atoms with Crippen LogP contribution in [0.2, 0.25) is 0 Å². The van der Waals surface area contributed by atoms with Crippen molar-refractivity contribution in [1.82, 2.24) is 19.5 Å². The van der Waals surface area contributed by atoms with Gasteiger partial charge in [-0.1, -0.05) is 133 Å². The van der Waals surface area contributed by atoms with E-state index >= 15 is 0 Å². The third kappa shape index (κ3) is 5.65. The van der Waals surface area contributed by atoms with Crippen molar-refractivity contribution >= 4 is 21.8 Å². The van der Waals surface area contributed by atoms with Crippen LogP contribution in [0.15, 0.2) is 170 Å². The molecule has 51 heavy (non-hydrogen) atoms. The van der Waals surface area contributed by atoms with E-state index in [-0.39, 0.29) is 5.82 Å². The minimum absolute atomic E-state index is 0.281. The Kier molecular flexibility index (Phi) is 7.51. The minimum Gasteiger partial charge on any atom is -0.308 e. The van der Waals surface area contributed by atoms with Gasteiger partial charge in [0.25, 0.3) is 0 Å². The van der Waals surface area contributed by atoms with Crippen LogP contribution in [0.4, 0.5) is 4.39 Å². The highest BCUT2D eigenvalue weighted by Gasteiger charge is 2.21. The van der Waals surface area contributed by atoms with Gasteiger partial charge in [-0.3, -0.25) is 0 Å². The Morgan fingerprint density at radius 2 is 0.961 bits per heavy atom. The van der Waals surface area contributed by atoms with Gasteiger partial charge >= 0.3 is 0 Å². The first-order chi connectivity index (χ1) is 25.1. The summed E-state index contributed by atoms with van der Waals surface area (Å²) >= 11 is 0. The molecule has 0 amide bonds. The Morgan fingerprint density at radius 3 is 1.67 bits per heavy atom. The van der Waals surface area contributed by atoms with Crippen molar-refractivity contribution < 1.29 is 4.39 Å². The molecule has 9 aromatic rings. The van der Waals surface area contributed by atoms with Crippen LogP contribution < -0.4 is 0 Å². The van der Waals surface area contributed by atoms with E-state index in [9.17, 15) is 4.39 Å². The van der Waals surface area contributed by atoms with Crippen LogP contribution in [-0.4, -0.2) is 19.5 Å². The van der Waals surface area contributed by atoms with Crippen LogP contribution >= 0.6 is 0 Å². The summed E-state index contributed by atoms with van der Waals surface area (Å²) in [5, 5.41) is 2.27. The largest absolute Gasteiger partial charge is 0.308 e. The van der Waals surface area contributed by atoms with Gasteiger partial charge in [-0.05, 0) is 71.6 Å². The molecular formula is C46H31FN4. The van der Waals surface area contributed by atoms with E-state index in [0.29, 0.717) is 17.5 Å². The van der Waals surface area contributed by atoms with Gasteiger partial charge < -0.3 is 4.57 Å². The molecule has 0 aliphatic carbocycles. The molecule has 2 heterocycles. The lowest BCUT2D eigenvalue weighted by molar-refractivity contribution is 0.628. The van der Waals surface area contributed by atoms with Gasteiger partial charge in [0, 0.05) is 27.5 Å². The van der Waals surface area contributed by atoms with Gasteiger partial charge in [-0.15, -0.1) is 0 Å². The molecule has 0 radical (unpaired) electrons. The van der Waals surface area contributed by atoms with Crippen LogP contribution in [0.1, 0.15) is 5.56 Å². The number of aromatic nitrogens is 4. The monoisotopic (exact) mass is 658 g/mol. The third-order valence-corrected chi connectivity index (χ3v) is 9.36. The van der Waals surface area contributed by atoms with Crippen molar-refractivity contribution in [1.29, 1.82) is 0 Å². The zero-order valence-electron chi connectivity index (χ0n) is 27.8. The maximum absolute atomic E-state index is 14.6. The summed E-state index contributed by atoms with van der Waals surface area (Å²) in [5.74, 6) is 1.44. The standard InChI is InChI=1S/C46H31FN4/c1-30-12-10-17-33(26-30)35-23-25-42-40(28-35)38-20-8-9-21-41(38)51(42)43-29-36(34-18-11-19-37(47)27-34)22-24-39(43)46-49-44(31-13-4-2-5-14-31)48-45(50-46)32-15-6-3-7-16-32/h2-29H,1H3. The van der Waals surface area contributed by atoms with Gasteiger partial charge in [0.2, 0.25) is 0 Å². The molecule has 0 aliphatic heterocycles. The number of aryl methyl sites for hydroxylation is 1. The molecule has 0 N–H and O–H groups in total. The lowest BCUT2D eigenvalue weighted by Crippen LogP contribution is -2.04. The number of rotatable bonds is 6. The maximum atomic E-state index is 14.6. The Bertz CT molecular complexity index is 2660. The lowest BCUT2D eigenvalue weighted by atomic mass is 10.0. The molecule has 4 nitrogen and oxygen atoms in total. The zero-order valence-corrected chi connectivity index (χ0v) is 27.8. The molecule has 0 aliphatic rings. The quantitative estimate of drug-likeness (QED) is 0.179. The summed E-state index contributed by atoms with van der Waals surface area (Å²) in [5.41, 5.74) is 10.8. The van der Waals surface area contributed by atoms with Crippen molar-refractivity contribution in [3.05, 3.63) is 181 Å². The van der Waals surface area contributed by atoms with E-state index < -0.39 is 0 Å². The molecule has 0 spiro atoms. The summed E-state index contributed by atoms with van der Waals surface area (Å²) in [7, 11) is 0. The van der Waals surface area contributed by atoms with Crippen LogP contribution in [-0.2, 0) is 0 Å². The number of nitrogens with zero attached hydrogens (tertiary/aromatic N) is 4. The second kappa shape index (κ2) is 12.6. The van der Waals surface area contributed by atoms with Crippen LogP contribution in [0.25, 0.3) is 83.9 Å². The molecule has 0 bridgehead atoms. The van der Waals surface area contributed by atoms with Gasteiger partial charge in [-0.2, -0.15) is 0 Å². The van der Waals surface area contributed by atoms with Crippen molar-refractivity contribution in [3.63, 3.8) is 0 Å². The smallest absolute Gasteiger partial charge is 0.166 e. The molecular weight excluding hydrogens is 628 g/mol. The van der Waals surface area contributed by atoms with E-state index in [1.54, 1.807) is 12.1 Å². The third-order valence-electron chi connectivity index (χ3n) is 9.36. The normalized spacial score (nSPS) is 11.3. The number of para-hydroxylation sites is 1. The lowest BCUT2D eigenvalue weighted by Gasteiger charge is -2.16. The molecule has 9 rings (SSSR count). The summed E-state index contributed by atoms with van der Waals surface area (Å²) in [6.07, 6.45) is 0. The average Bonchev–Trinajstić information content (AvgIpc) is 3.52. The van der Waals surface area contributed by atoms with Gasteiger partial charge in [0.05, 0.1) is 16.7 Å². The first-order valence-electron chi connectivity index (χ1n) is 17.0. The van der Waals surface area contributed by atoms with E-state index in [0.717, 1.165) is 60.9 Å². The zero-order chi connectivity index (χ0) is 34.3. The molecule has 5 heteroatoms. The maximum Gasteiger partial charge on any atom is 0.166 e. The number of hydrogen-bond acceptors (Lipinski definition) is 3. The van der Waals surface area contributed by atoms with Crippen LogP contribution in [0.5, 0.6) is 0 Å². The minimum atomic E-state index is -0.281. The Hall–Kier alpha value is -6.72. The van der Waals surface area contributed by atoms with Gasteiger partial charge in [0.1, 0.15) is 5.82 Å². The molecule has 7 aromatic carbocycles. The molecule has 0 unspecified atom stereocenters. The number of halogens is 1. The topological polar surface area (TPSA) is 43.6 Å². The Balaban J connectivity index is 1.34. The SMILES string of the molecule is Cc1cccc(-c2ccc3c(c2)c2ccccc2n3-c2cc(-c3cccc(F)c3)ccc2-c2nc(-c3ccccc3)nc(-c3ccccc3)n2)c1. The number of fused-ring (bicyclic) bond motifs is 3. The second-order valence-corrected chi connectivity index (χ2v) is 12.7. The highest BCUT2D eigenvalue weighted by molar-refractivity contribution is 6.11. The molecule has 0 saturated heterocycles. The molecule has 242 valence electrons. The predicted molar refractivity (Wildman–Crippen MR) is 206 cm³/mol. The van der Waals surface area contributed by atoms with E-state index in [2.05, 4.69) is 90.4 Å². The molecule has 0 saturated carbocycles. The molecule has 0 fully saturated rings. The first-order valence-corrected chi connectivity index (χ1v) is 17.0. The summed E-state index contributed by atoms with van der Waals surface area (Å²) < 4.78 is 16.9. The number of benzene rings is 7. The fourth-order valence-electron chi connectivity index (χ4n) is 6.92. The van der Waals surface area contributed by atoms with Gasteiger partial charge in [-0.25, -0.2) is 19.3 Å². The molecule has 0 atom stereocenters. The second-order valence-electron chi connectivity index (χ2n) is 12.7. The fourth-order valence-corrected chi connectivity index (χ4v) is 6.92. The van der Waals surface area contributed by atoms with Crippen molar-refractivity contribution in [2.75, 3.05) is 0 Å². The van der Waals surface area contributed by atoms with E-state index in [4.69, 9.17) is 15.0 Å². The highest BCUT2D eigenvalue weighted by atomic mass is 19.1.